The molecule has 0 radical (unpaired) electrons. The predicted molar refractivity (Wildman–Crippen MR) is 80.1 cm³/mol. The molecule has 114 valence electrons. The van der Waals surface area contributed by atoms with Crippen LogP contribution in [0.5, 0.6) is 5.75 Å². The van der Waals surface area contributed by atoms with E-state index in [0.717, 1.165) is 11.3 Å². The van der Waals surface area contributed by atoms with Crippen LogP contribution in [0.15, 0.2) is 40.2 Å². The average molecular weight is 322 g/mol. The normalized spacial score (nSPS) is 17.0. The minimum absolute atomic E-state index is 0. The van der Waals surface area contributed by atoms with Crippen LogP contribution in [0.25, 0.3) is 0 Å². The van der Waals surface area contributed by atoms with E-state index in [-0.39, 0.29) is 53.4 Å². The number of hydrazone groups is 1. The number of methoxy groups -OCH3 is 1. The minimum atomic E-state index is -0.327. The van der Waals surface area contributed by atoms with Crippen LogP contribution in [0.1, 0.15) is 23.6 Å². The van der Waals surface area contributed by atoms with Gasteiger partial charge in [0, 0.05) is 6.42 Å². The summed E-state index contributed by atoms with van der Waals surface area (Å²) in [6.07, 6.45) is 0.212. The van der Waals surface area contributed by atoms with Gasteiger partial charge in [-0.05, 0) is 23.8 Å². The Morgan fingerprint density at radius 2 is 2.00 bits per heavy atom. The monoisotopic (exact) mass is 322 g/mol. The molecule has 1 unspecified atom stereocenters. The van der Waals surface area contributed by atoms with Crippen molar-refractivity contribution in [1.29, 1.82) is 0 Å². The summed E-state index contributed by atoms with van der Waals surface area (Å²) in [6, 6.07) is 8.78. The molecule has 3 rings (SSSR count). The van der Waals surface area contributed by atoms with Crippen molar-refractivity contribution in [3.05, 3.63) is 51.9 Å². The van der Waals surface area contributed by atoms with Gasteiger partial charge < -0.3 is 14.5 Å². The van der Waals surface area contributed by atoms with E-state index in [1.807, 2.05) is 24.3 Å². The maximum absolute atomic E-state index is 12.0. The molecule has 0 aliphatic carbocycles. The van der Waals surface area contributed by atoms with E-state index in [0.29, 0.717) is 11.5 Å². The van der Waals surface area contributed by atoms with Gasteiger partial charge in [-0.1, -0.05) is 19.1 Å². The fourth-order valence-corrected chi connectivity index (χ4v) is 2.46. The number of hydrogen-bond donors (Lipinski definition) is 1. The molecule has 1 aliphatic heterocycles. The first-order valence-electron chi connectivity index (χ1n) is 6.83. The molecule has 0 saturated heterocycles. The first-order valence-corrected chi connectivity index (χ1v) is 6.83. The molecule has 0 bridgehead atoms. The van der Waals surface area contributed by atoms with Crippen LogP contribution in [0.4, 0.5) is 0 Å². The first kappa shape index (κ1) is 17.5. The van der Waals surface area contributed by atoms with Crippen LogP contribution < -0.4 is 50.4 Å². The number of aryl methyl sites for hydroxylation is 1. The molecule has 0 spiro atoms. The summed E-state index contributed by atoms with van der Waals surface area (Å²) in [5.41, 5.74) is 3.64. The number of hydrogen-bond acceptors (Lipinski definition) is 4. The Labute approximate surface area is 155 Å². The second-order valence-corrected chi connectivity index (χ2v) is 5.07. The van der Waals surface area contributed by atoms with Crippen LogP contribution in [-0.4, -0.2) is 23.5 Å². The molecule has 7 nitrogen and oxygen atoms in total. The third-order valence-corrected chi connectivity index (χ3v) is 3.53. The largest absolute Gasteiger partial charge is 1.00 e. The van der Waals surface area contributed by atoms with Crippen molar-refractivity contribution in [2.75, 3.05) is 7.11 Å². The van der Waals surface area contributed by atoms with Crippen molar-refractivity contribution in [2.45, 2.75) is 19.3 Å². The molecule has 0 fully saturated rings. The summed E-state index contributed by atoms with van der Waals surface area (Å²) >= 11 is 0. The van der Waals surface area contributed by atoms with E-state index in [9.17, 15) is 9.59 Å². The van der Waals surface area contributed by atoms with Crippen molar-refractivity contribution in [3.8, 4) is 5.75 Å². The molecule has 1 atom stereocenters. The number of benzene rings is 1. The third-order valence-electron chi connectivity index (χ3n) is 3.53. The Hall–Kier alpha value is -1.83. The van der Waals surface area contributed by atoms with Gasteiger partial charge in [-0.2, -0.15) is 5.10 Å². The molecule has 2 aromatic rings. The molecule has 1 aliphatic rings. The maximum atomic E-state index is 12.0. The summed E-state index contributed by atoms with van der Waals surface area (Å²) in [5, 5.41) is 8.21. The quantitative estimate of drug-likeness (QED) is 0.624. The molecule has 1 aromatic carbocycles. The third kappa shape index (κ3) is 3.57. The molecule has 0 saturated carbocycles. The molecule has 8 heteroatoms. The van der Waals surface area contributed by atoms with Gasteiger partial charge in [0.1, 0.15) is 11.6 Å². The van der Waals surface area contributed by atoms with E-state index in [4.69, 9.17) is 4.74 Å². The molecule has 23 heavy (non-hydrogen) atoms. The number of nitrogens with zero attached hydrogens (tertiary/aromatic N) is 3. The molecular weight excluding hydrogens is 307 g/mol. The maximum Gasteiger partial charge on any atom is 1.00 e. The number of aromatic nitrogens is 2. The summed E-state index contributed by atoms with van der Waals surface area (Å²) in [6.45, 7) is 1.74. The van der Waals surface area contributed by atoms with Gasteiger partial charge in [0.15, 0.2) is 0 Å². The number of rotatable bonds is 2. The van der Waals surface area contributed by atoms with Crippen LogP contribution in [-0.2, 0) is 4.79 Å². The van der Waals surface area contributed by atoms with Gasteiger partial charge in [0.05, 0.1) is 13.0 Å². The molecule has 1 aromatic heterocycles. The summed E-state index contributed by atoms with van der Waals surface area (Å²) in [5.74, 6) is 0.623. The number of amides is 1. The zero-order valence-corrected chi connectivity index (χ0v) is 15.2. The summed E-state index contributed by atoms with van der Waals surface area (Å²) in [7, 11) is 1.59. The topological polar surface area (TPSA) is 86.8 Å². The van der Waals surface area contributed by atoms with E-state index in [1.54, 1.807) is 14.0 Å². The van der Waals surface area contributed by atoms with Crippen LogP contribution >= 0.6 is 0 Å². The van der Waals surface area contributed by atoms with E-state index >= 15 is 0 Å². The van der Waals surface area contributed by atoms with Crippen LogP contribution in [0.3, 0.4) is 0 Å². The van der Waals surface area contributed by atoms with Crippen molar-refractivity contribution >= 4 is 11.7 Å². The van der Waals surface area contributed by atoms with Crippen molar-refractivity contribution in [2.24, 2.45) is 5.10 Å². The summed E-state index contributed by atoms with van der Waals surface area (Å²) < 4.78 is 6.37. The van der Waals surface area contributed by atoms with Gasteiger partial charge in [0.2, 0.25) is 11.5 Å². The number of nitrogens with one attached hydrogen (secondary N) is 1. The first-order chi connectivity index (χ1) is 10.6. The second kappa shape index (κ2) is 7.16. The van der Waals surface area contributed by atoms with Gasteiger partial charge >= 0.3 is 29.6 Å². The number of carbonyl (C=O) groups is 1. The van der Waals surface area contributed by atoms with E-state index in [2.05, 4.69) is 15.6 Å². The number of ether oxygens (including phenoxy) is 1. The van der Waals surface area contributed by atoms with E-state index in [1.165, 1.54) is 10.7 Å². The van der Waals surface area contributed by atoms with Crippen molar-refractivity contribution in [3.63, 3.8) is 0 Å². The Morgan fingerprint density at radius 1 is 1.30 bits per heavy atom. The average Bonchev–Trinajstić information content (AvgIpc) is 2.86. The second-order valence-electron chi connectivity index (χ2n) is 5.07. The fraction of sp³-hybridized carbons (Fsp3) is 0.267. The molecule has 1 amide bonds. The molecular formula is C15H15N4NaO3. The van der Waals surface area contributed by atoms with Crippen LogP contribution in [0.2, 0.25) is 0 Å². The van der Waals surface area contributed by atoms with Crippen molar-refractivity contribution in [1.82, 2.24) is 15.2 Å². The fourth-order valence-electron chi connectivity index (χ4n) is 2.46. The van der Waals surface area contributed by atoms with Gasteiger partial charge in [-0.25, -0.2) is 5.43 Å². The van der Waals surface area contributed by atoms with Gasteiger partial charge in [-0.3, -0.25) is 9.59 Å². The number of carbonyl (C=O) groups excluding carboxylic acids is 1. The standard InChI is InChI=1S/C15H16N4O3.Na/c1-9-7-14(21)19(18-9)15-12(8-13(20)16-17-15)10-3-5-11(22-2)6-4-10;/h3-7,12H,8H2,1-2H3,(H2,16,18,20,21);/q;+1/p-1. The summed E-state index contributed by atoms with van der Waals surface area (Å²) in [4.78, 5) is 23.7. The smallest absolute Gasteiger partial charge is 0.590 e. The van der Waals surface area contributed by atoms with E-state index < -0.39 is 0 Å². The minimum Gasteiger partial charge on any atom is -0.590 e. The SMILES string of the molecule is COc1ccc(C2CC(=O)NN=C2n2[n-]c(C)cc2=O)cc1.[Na+]. The van der Waals surface area contributed by atoms with Gasteiger partial charge in [-0.15, -0.1) is 5.69 Å². The Kier molecular flexibility index (Phi) is 5.46. The zero-order valence-electron chi connectivity index (χ0n) is 13.2. The Bertz CT molecular complexity index is 792. The molecule has 2 heterocycles. The molecule has 1 N–H and O–H groups in total. The Morgan fingerprint density at radius 3 is 2.57 bits per heavy atom. The van der Waals surface area contributed by atoms with Gasteiger partial charge in [0.25, 0.3) is 0 Å². The Balaban J connectivity index is 0.00000192. The van der Waals surface area contributed by atoms with Crippen LogP contribution in [0, 0.1) is 6.92 Å². The van der Waals surface area contributed by atoms with Crippen molar-refractivity contribution < 1.29 is 39.1 Å². The zero-order chi connectivity index (χ0) is 15.7. The predicted octanol–water partition coefficient (Wildman–Crippen LogP) is -2.41.